The first-order valence-electron chi connectivity index (χ1n) is 8.14. The van der Waals surface area contributed by atoms with Crippen LogP contribution >= 0.6 is 0 Å². The van der Waals surface area contributed by atoms with Crippen molar-refractivity contribution in [1.29, 1.82) is 0 Å². The van der Waals surface area contributed by atoms with Gasteiger partial charge in [0.25, 0.3) is 5.91 Å². The molecule has 0 aliphatic carbocycles. The van der Waals surface area contributed by atoms with Crippen LogP contribution < -0.4 is 0 Å². The van der Waals surface area contributed by atoms with E-state index in [-0.39, 0.29) is 36.6 Å². The molecular formula is C17H24N2O5. The molecule has 132 valence electrons. The summed E-state index contributed by atoms with van der Waals surface area (Å²) in [5, 5.41) is 9.10. The molecule has 1 aliphatic rings. The van der Waals surface area contributed by atoms with E-state index in [9.17, 15) is 14.4 Å². The van der Waals surface area contributed by atoms with Crippen LogP contribution in [0.3, 0.4) is 0 Å². The molecule has 0 aromatic carbocycles. The maximum absolute atomic E-state index is 12.5. The Morgan fingerprint density at radius 2 is 2.12 bits per heavy atom. The minimum atomic E-state index is -0.880. The number of carboxylic acids is 1. The quantitative estimate of drug-likeness (QED) is 0.885. The Labute approximate surface area is 141 Å². The molecule has 2 rings (SSSR count). The fourth-order valence-electron chi connectivity index (χ4n) is 2.90. The van der Waals surface area contributed by atoms with Gasteiger partial charge >= 0.3 is 5.97 Å². The van der Waals surface area contributed by atoms with Gasteiger partial charge in [-0.25, -0.2) is 0 Å². The van der Waals surface area contributed by atoms with E-state index < -0.39 is 11.9 Å². The second-order valence-corrected chi connectivity index (χ2v) is 6.54. The number of carbonyl (C=O) groups is 3. The summed E-state index contributed by atoms with van der Waals surface area (Å²) in [5.41, 5.74) is 0.809. The molecule has 1 aromatic heterocycles. The highest BCUT2D eigenvalue weighted by atomic mass is 16.4. The molecule has 0 saturated carbocycles. The maximum Gasteiger partial charge on any atom is 0.308 e. The van der Waals surface area contributed by atoms with Crippen molar-refractivity contribution in [2.24, 2.45) is 5.92 Å². The van der Waals surface area contributed by atoms with Crippen molar-refractivity contribution < 1.29 is 23.9 Å². The zero-order valence-corrected chi connectivity index (χ0v) is 14.3. The van der Waals surface area contributed by atoms with Gasteiger partial charge < -0.3 is 19.3 Å². The van der Waals surface area contributed by atoms with E-state index in [1.165, 1.54) is 16.1 Å². The van der Waals surface area contributed by atoms with Crippen LogP contribution in [0.5, 0.6) is 0 Å². The summed E-state index contributed by atoms with van der Waals surface area (Å²) in [7, 11) is 1.55. The van der Waals surface area contributed by atoms with Gasteiger partial charge in [0, 0.05) is 25.7 Å². The highest BCUT2D eigenvalue weighted by Crippen LogP contribution is 2.22. The van der Waals surface area contributed by atoms with Crippen LogP contribution in [0.1, 0.15) is 48.7 Å². The third-order valence-electron chi connectivity index (χ3n) is 4.35. The van der Waals surface area contributed by atoms with Crippen LogP contribution in [-0.2, 0) is 9.59 Å². The highest BCUT2D eigenvalue weighted by Gasteiger charge is 2.30. The summed E-state index contributed by atoms with van der Waals surface area (Å²) in [6, 6.07) is 1.76. The molecule has 24 heavy (non-hydrogen) atoms. The van der Waals surface area contributed by atoms with Gasteiger partial charge in [-0.15, -0.1) is 0 Å². The van der Waals surface area contributed by atoms with Gasteiger partial charge in [-0.1, -0.05) is 13.8 Å². The molecule has 1 fully saturated rings. The molecule has 1 saturated heterocycles. The number of hydrogen-bond acceptors (Lipinski definition) is 4. The van der Waals surface area contributed by atoms with E-state index >= 15 is 0 Å². The van der Waals surface area contributed by atoms with E-state index in [1.54, 1.807) is 13.1 Å². The van der Waals surface area contributed by atoms with E-state index in [0.29, 0.717) is 19.4 Å². The first-order chi connectivity index (χ1) is 11.3. The van der Waals surface area contributed by atoms with Crippen molar-refractivity contribution in [3.05, 3.63) is 23.7 Å². The number of amides is 2. The lowest BCUT2D eigenvalue weighted by Crippen LogP contribution is -2.47. The number of aliphatic carboxylic acids is 1. The fourth-order valence-corrected chi connectivity index (χ4v) is 2.90. The van der Waals surface area contributed by atoms with Gasteiger partial charge in [0.2, 0.25) is 5.91 Å². The highest BCUT2D eigenvalue weighted by molar-refractivity contribution is 5.95. The van der Waals surface area contributed by atoms with Crippen LogP contribution in [0.15, 0.2) is 16.7 Å². The number of carboxylic acid groups (broad SMARTS) is 1. The van der Waals surface area contributed by atoms with Gasteiger partial charge in [0.1, 0.15) is 0 Å². The largest absolute Gasteiger partial charge is 0.481 e. The van der Waals surface area contributed by atoms with Gasteiger partial charge in [-0.3, -0.25) is 14.4 Å². The molecule has 0 spiro atoms. The number of piperidine rings is 1. The van der Waals surface area contributed by atoms with Gasteiger partial charge in [0.15, 0.2) is 5.76 Å². The summed E-state index contributed by atoms with van der Waals surface area (Å²) in [6.45, 7) is 4.57. The van der Waals surface area contributed by atoms with Crippen LogP contribution in [0.25, 0.3) is 0 Å². The molecule has 7 heteroatoms. The normalized spacial score (nSPS) is 17.8. The molecule has 1 unspecified atom stereocenters. The van der Waals surface area contributed by atoms with E-state index in [4.69, 9.17) is 9.52 Å². The fraction of sp³-hybridized carbons (Fsp3) is 0.588. The van der Waals surface area contributed by atoms with Crippen LogP contribution in [0, 0.1) is 5.92 Å². The Bertz CT molecular complexity index is 622. The Kier molecular flexibility index (Phi) is 5.64. The predicted octanol–water partition coefficient (Wildman–Crippen LogP) is 1.80. The van der Waals surface area contributed by atoms with Crippen molar-refractivity contribution in [1.82, 2.24) is 9.80 Å². The molecular weight excluding hydrogens is 312 g/mol. The molecule has 7 nitrogen and oxygen atoms in total. The zero-order chi connectivity index (χ0) is 17.9. The SMILES string of the molecule is CC(C)c1ccoc1C(=O)N(C)CC(=O)N1CCCC(C(=O)O)C1. The lowest BCUT2D eigenvalue weighted by atomic mass is 9.98. The first kappa shape index (κ1) is 18.0. The molecule has 1 aromatic rings. The third kappa shape index (κ3) is 3.96. The van der Waals surface area contributed by atoms with Crippen molar-refractivity contribution >= 4 is 17.8 Å². The molecule has 2 heterocycles. The number of hydrogen-bond donors (Lipinski definition) is 1. The standard InChI is InChI=1S/C17H24N2O5/c1-11(2)13-6-8-24-15(13)16(21)18(3)10-14(20)19-7-4-5-12(9-19)17(22)23/h6,8,11-12H,4-5,7,9-10H2,1-3H3,(H,22,23). The number of carbonyl (C=O) groups excluding carboxylic acids is 2. The van der Waals surface area contributed by atoms with Gasteiger partial charge in [-0.05, 0) is 24.8 Å². The lowest BCUT2D eigenvalue weighted by molar-refractivity contribution is -0.145. The molecule has 1 atom stereocenters. The summed E-state index contributed by atoms with van der Waals surface area (Å²) in [4.78, 5) is 38.8. The van der Waals surface area contributed by atoms with Crippen LogP contribution in [0.4, 0.5) is 0 Å². The van der Waals surface area contributed by atoms with Crippen molar-refractivity contribution in [3.8, 4) is 0 Å². The van der Waals surface area contributed by atoms with Gasteiger partial charge in [-0.2, -0.15) is 0 Å². The number of likely N-dealkylation sites (tertiary alicyclic amines) is 1. The molecule has 0 radical (unpaired) electrons. The number of rotatable bonds is 5. The average Bonchev–Trinajstić information content (AvgIpc) is 3.03. The third-order valence-corrected chi connectivity index (χ3v) is 4.35. The van der Waals surface area contributed by atoms with Crippen LogP contribution in [-0.4, -0.2) is 59.4 Å². The Morgan fingerprint density at radius 1 is 1.42 bits per heavy atom. The summed E-state index contributed by atoms with van der Waals surface area (Å²) < 4.78 is 5.29. The smallest absolute Gasteiger partial charge is 0.308 e. The van der Waals surface area contributed by atoms with E-state index in [1.807, 2.05) is 13.8 Å². The predicted molar refractivity (Wildman–Crippen MR) is 86.7 cm³/mol. The number of likely N-dealkylation sites (N-methyl/N-ethyl adjacent to an activating group) is 1. The summed E-state index contributed by atoms with van der Waals surface area (Å²) >= 11 is 0. The van der Waals surface area contributed by atoms with E-state index in [2.05, 4.69) is 0 Å². The molecule has 1 aliphatic heterocycles. The van der Waals surface area contributed by atoms with E-state index in [0.717, 1.165) is 5.56 Å². The molecule has 0 bridgehead atoms. The first-order valence-corrected chi connectivity index (χ1v) is 8.14. The minimum Gasteiger partial charge on any atom is -0.481 e. The number of nitrogens with zero attached hydrogens (tertiary/aromatic N) is 2. The summed E-state index contributed by atoms with van der Waals surface area (Å²) in [6.07, 6.45) is 2.72. The van der Waals surface area contributed by atoms with Crippen molar-refractivity contribution in [2.45, 2.75) is 32.6 Å². The van der Waals surface area contributed by atoms with Crippen molar-refractivity contribution in [3.63, 3.8) is 0 Å². The Hall–Kier alpha value is -2.31. The Balaban J connectivity index is 1.99. The zero-order valence-electron chi connectivity index (χ0n) is 14.3. The topological polar surface area (TPSA) is 91.1 Å². The average molecular weight is 336 g/mol. The second kappa shape index (κ2) is 7.51. The molecule has 1 N–H and O–H groups in total. The Morgan fingerprint density at radius 3 is 2.75 bits per heavy atom. The minimum absolute atomic E-state index is 0.0938. The number of furan rings is 1. The monoisotopic (exact) mass is 336 g/mol. The van der Waals surface area contributed by atoms with Gasteiger partial charge in [0.05, 0.1) is 18.7 Å². The van der Waals surface area contributed by atoms with Crippen molar-refractivity contribution in [2.75, 3.05) is 26.7 Å². The lowest BCUT2D eigenvalue weighted by Gasteiger charge is -2.32. The second-order valence-electron chi connectivity index (χ2n) is 6.54. The van der Waals surface area contributed by atoms with Crippen LogP contribution in [0.2, 0.25) is 0 Å². The summed E-state index contributed by atoms with van der Waals surface area (Å²) in [5.74, 6) is -1.60. The maximum atomic E-state index is 12.5. The molecule has 2 amide bonds.